The van der Waals surface area contributed by atoms with E-state index in [0.29, 0.717) is 6.61 Å². The smallest absolute Gasteiger partial charge is 0.374 e. The van der Waals surface area contributed by atoms with E-state index in [0.717, 1.165) is 6.92 Å². The molecule has 0 saturated carbocycles. The minimum absolute atomic E-state index is 0.134. The molecular formula is C6H10O4. The zero-order valence-corrected chi connectivity index (χ0v) is 6.05. The van der Waals surface area contributed by atoms with Crippen LogP contribution in [0.1, 0.15) is 6.92 Å². The van der Waals surface area contributed by atoms with Gasteiger partial charge in [0.05, 0.1) is 6.61 Å². The van der Waals surface area contributed by atoms with Crippen molar-refractivity contribution >= 4 is 11.8 Å². The lowest BCUT2D eigenvalue weighted by molar-refractivity contribution is -0.153. The van der Waals surface area contributed by atoms with Gasteiger partial charge in [0.1, 0.15) is 6.61 Å². The first-order valence-corrected chi connectivity index (χ1v) is 2.85. The van der Waals surface area contributed by atoms with Gasteiger partial charge in [-0.05, 0) is 0 Å². The Morgan fingerprint density at radius 3 is 2.30 bits per heavy atom. The number of ether oxygens (including phenoxy) is 2. The van der Waals surface area contributed by atoms with E-state index in [1.807, 2.05) is 0 Å². The van der Waals surface area contributed by atoms with E-state index >= 15 is 0 Å². The Balaban J connectivity index is 3.31. The summed E-state index contributed by atoms with van der Waals surface area (Å²) in [5, 5.41) is 0. The number of esters is 1. The summed E-state index contributed by atoms with van der Waals surface area (Å²) in [6.45, 7) is 1.61. The highest BCUT2D eigenvalue weighted by molar-refractivity contribution is 6.32. The molecule has 0 spiro atoms. The van der Waals surface area contributed by atoms with Gasteiger partial charge < -0.3 is 9.47 Å². The van der Waals surface area contributed by atoms with Gasteiger partial charge in [-0.15, -0.1) is 0 Å². The van der Waals surface area contributed by atoms with Gasteiger partial charge in [0.25, 0.3) is 0 Å². The number of rotatable bonds is 4. The second-order valence-electron chi connectivity index (χ2n) is 1.68. The molecule has 0 fully saturated rings. The molecule has 0 aromatic rings. The van der Waals surface area contributed by atoms with E-state index < -0.39 is 11.8 Å². The number of carbonyl (C=O) groups excluding carboxylic acids is 2. The number of ketones is 1. The van der Waals surface area contributed by atoms with Crippen molar-refractivity contribution in [1.82, 2.24) is 0 Å². The second-order valence-corrected chi connectivity index (χ2v) is 1.68. The molecule has 0 N–H and O–H groups in total. The number of hydrogen-bond donors (Lipinski definition) is 0. The Morgan fingerprint density at radius 1 is 1.30 bits per heavy atom. The maximum Gasteiger partial charge on any atom is 0.374 e. The fourth-order valence-corrected chi connectivity index (χ4v) is 0.319. The first-order valence-electron chi connectivity index (χ1n) is 2.85. The SMILES string of the molecule is COCCOC(=O)C(C)=O. The monoisotopic (exact) mass is 146 g/mol. The second kappa shape index (κ2) is 4.93. The van der Waals surface area contributed by atoms with Crippen LogP contribution in [0.2, 0.25) is 0 Å². The molecule has 0 atom stereocenters. The summed E-state index contributed by atoms with van der Waals surface area (Å²) in [7, 11) is 1.49. The minimum atomic E-state index is -0.808. The average Bonchev–Trinajstić information content (AvgIpc) is 1.88. The molecule has 0 radical (unpaired) electrons. The highest BCUT2D eigenvalue weighted by Gasteiger charge is 2.06. The maximum atomic E-state index is 10.4. The summed E-state index contributed by atoms with van der Waals surface area (Å²) in [4.78, 5) is 20.6. The molecule has 0 aliphatic heterocycles. The Labute approximate surface area is 59.1 Å². The lowest BCUT2D eigenvalue weighted by Gasteiger charge is -1.99. The molecule has 0 heterocycles. The van der Waals surface area contributed by atoms with Gasteiger partial charge in [-0.2, -0.15) is 0 Å². The Bertz CT molecular complexity index is 130. The van der Waals surface area contributed by atoms with E-state index in [4.69, 9.17) is 0 Å². The number of hydrogen-bond acceptors (Lipinski definition) is 4. The third kappa shape index (κ3) is 4.03. The lowest BCUT2D eigenvalue weighted by Crippen LogP contribution is -2.16. The molecule has 0 bridgehead atoms. The van der Waals surface area contributed by atoms with E-state index in [-0.39, 0.29) is 6.61 Å². The van der Waals surface area contributed by atoms with Crippen LogP contribution in [0.5, 0.6) is 0 Å². The molecule has 0 unspecified atom stereocenters. The molecule has 58 valence electrons. The first-order chi connectivity index (χ1) is 4.68. The highest BCUT2D eigenvalue weighted by atomic mass is 16.6. The average molecular weight is 146 g/mol. The molecule has 10 heavy (non-hydrogen) atoms. The predicted molar refractivity (Wildman–Crippen MR) is 33.5 cm³/mol. The molecule has 0 aromatic carbocycles. The summed E-state index contributed by atoms with van der Waals surface area (Å²) in [5.41, 5.74) is 0. The normalized spacial score (nSPS) is 9.00. The van der Waals surface area contributed by atoms with Gasteiger partial charge in [0.15, 0.2) is 0 Å². The van der Waals surface area contributed by atoms with E-state index in [1.54, 1.807) is 0 Å². The quantitative estimate of drug-likeness (QED) is 0.312. The van der Waals surface area contributed by atoms with Crippen LogP contribution in [0.3, 0.4) is 0 Å². The van der Waals surface area contributed by atoms with Crippen LogP contribution >= 0.6 is 0 Å². The molecule has 0 aliphatic rings. The van der Waals surface area contributed by atoms with Crippen LogP contribution < -0.4 is 0 Å². The topological polar surface area (TPSA) is 52.6 Å². The van der Waals surface area contributed by atoms with Crippen molar-refractivity contribution < 1.29 is 19.1 Å². The van der Waals surface area contributed by atoms with E-state index in [2.05, 4.69) is 9.47 Å². The fraction of sp³-hybridized carbons (Fsp3) is 0.667. The van der Waals surface area contributed by atoms with Crippen LogP contribution in [0.25, 0.3) is 0 Å². The number of Topliss-reactive ketones (excluding diaryl/α,β-unsaturated/α-hetero) is 1. The molecule has 0 aliphatic carbocycles. The third-order valence-electron chi connectivity index (χ3n) is 0.808. The van der Waals surface area contributed by atoms with Crippen LogP contribution in [0.15, 0.2) is 0 Å². The molecular weight excluding hydrogens is 136 g/mol. The lowest BCUT2D eigenvalue weighted by atomic mass is 10.5. The third-order valence-corrected chi connectivity index (χ3v) is 0.808. The standard InChI is InChI=1S/C6H10O4/c1-5(7)6(8)10-4-3-9-2/h3-4H2,1-2H3. The number of carbonyl (C=O) groups is 2. The van der Waals surface area contributed by atoms with E-state index in [9.17, 15) is 9.59 Å². The maximum absolute atomic E-state index is 10.4. The van der Waals surface area contributed by atoms with Crippen LogP contribution in [0, 0.1) is 0 Å². The summed E-state index contributed by atoms with van der Waals surface area (Å²) < 4.78 is 9.01. The minimum Gasteiger partial charge on any atom is -0.458 e. The van der Waals surface area contributed by atoms with Gasteiger partial charge in [0.2, 0.25) is 5.78 Å². The number of methoxy groups -OCH3 is 1. The van der Waals surface area contributed by atoms with E-state index in [1.165, 1.54) is 7.11 Å². The summed E-state index contributed by atoms with van der Waals surface area (Å²) >= 11 is 0. The van der Waals surface area contributed by atoms with Crippen molar-refractivity contribution in [2.45, 2.75) is 6.92 Å². The molecule has 4 heteroatoms. The van der Waals surface area contributed by atoms with Gasteiger partial charge in [-0.1, -0.05) is 0 Å². The molecule has 0 rings (SSSR count). The highest BCUT2D eigenvalue weighted by Crippen LogP contribution is 1.79. The van der Waals surface area contributed by atoms with Crippen molar-refractivity contribution in [3.8, 4) is 0 Å². The molecule has 0 amide bonds. The van der Waals surface area contributed by atoms with Crippen molar-refractivity contribution in [3.05, 3.63) is 0 Å². The first kappa shape index (κ1) is 9.10. The molecule has 4 nitrogen and oxygen atoms in total. The molecule has 0 aromatic heterocycles. The van der Waals surface area contributed by atoms with Crippen molar-refractivity contribution in [1.29, 1.82) is 0 Å². The van der Waals surface area contributed by atoms with Gasteiger partial charge in [-0.3, -0.25) is 4.79 Å². The van der Waals surface area contributed by atoms with Crippen LogP contribution in [-0.2, 0) is 19.1 Å². The van der Waals surface area contributed by atoms with Gasteiger partial charge in [-0.25, -0.2) is 4.79 Å². The fourth-order valence-electron chi connectivity index (χ4n) is 0.319. The van der Waals surface area contributed by atoms with Crippen molar-refractivity contribution in [2.24, 2.45) is 0 Å². The summed E-state index contributed by atoms with van der Waals surface area (Å²) in [6, 6.07) is 0. The Kier molecular flexibility index (Phi) is 4.49. The Morgan fingerprint density at radius 2 is 1.90 bits per heavy atom. The van der Waals surface area contributed by atoms with Crippen molar-refractivity contribution in [2.75, 3.05) is 20.3 Å². The van der Waals surface area contributed by atoms with Crippen molar-refractivity contribution in [3.63, 3.8) is 0 Å². The zero-order valence-electron chi connectivity index (χ0n) is 6.05. The Hall–Kier alpha value is -0.900. The van der Waals surface area contributed by atoms with Crippen LogP contribution in [-0.4, -0.2) is 32.1 Å². The van der Waals surface area contributed by atoms with Gasteiger partial charge >= 0.3 is 5.97 Å². The summed E-state index contributed by atoms with van der Waals surface area (Å²) in [5.74, 6) is -1.40. The zero-order chi connectivity index (χ0) is 7.98. The van der Waals surface area contributed by atoms with Crippen LogP contribution in [0.4, 0.5) is 0 Å². The predicted octanol–water partition coefficient (Wildman–Crippen LogP) is -0.235. The van der Waals surface area contributed by atoms with Gasteiger partial charge in [0, 0.05) is 14.0 Å². The largest absolute Gasteiger partial charge is 0.458 e. The summed E-state index contributed by atoms with van der Waals surface area (Å²) in [6.07, 6.45) is 0. The molecule has 0 saturated heterocycles.